The topological polar surface area (TPSA) is 149 Å². The SMILES string of the molecule is COC(=O)[C@@]12OC[C@@]34[C@@H](CC5=C(C)C(O[Si](C)(C)C(C)(C)C)C(=O)C[C@]5(C)[C@H]3[C@@H](O)[C@@H]1O)OC(=O)[C@H](O)[C@@H]24. The van der Waals surface area contributed by atoms with Crippen LogP contribution in [0.15, 0.2) is 11.1 Å². The Morgan fingerprint density at radius 2 is 1.76 bits per heavy atom. The lowest BCUT2D eigenvalue weighted by Crippen LogP contribution is -2.78. The highest BCUT2D eigenvalue weighted by Crippen LogP contribution is 2.72. The largest absolute Gasteiger partial charge is 0.467 e. The zero-order valence-electron chi connectivity index (χ0n) is 23.4. The predicted molar refractivity (Wildman–Crippen MR) is 135 cm³/mol. The summed E-state index contributed by atoms with van der Waals surface area (Å²) in [6, 6.07) is 0. The number of rotatable bonds is 3. The fourth-order valence-electron chi connectivity index (χ4n) is 8.19. The average Bonchev–Trinajstić information content (AvgIpc) is 3.12. The lowest BCUT2D eigenvalue weighted by molar-refractivity contribution is -0.274. The van der Waals surface area contributed by atoms with Crippen LogP contribution < -0.4 is 0 Å². The number of ether oxygens (including phenoxy) is 3. The van der Waals surface area contributed by atoms with E-state index in [0.29, 0.717) is 0 Å². The average molecular weight is 553 g/mol. The van der Waals surface area contributed by atoms with Gasteiger partial charge in [0.05, 0.1) is 25.7 Å². The molecule has 10 nitrogen and oxygen atoms in total. The maximum atomic E-state index is 13.8. The minimum absolute atomic E-state index is 0.0316. The smallest absolute Gasteiger partial charge is 0.341 e. The molecule has 4 fully saturated rings. The van der Waals surface area contributed by atoms with E-state index in [-0.39, 0.29) is 30.3 Å². The molecule has 0 aromatic heterocycles. The summed E-state index contributed by atoms with van der Waals surface area (Å²) < 4.78 is 23.4. The van der Waals surface area contributed by atoms with Gasteiger partial charge in [0.25, 0.3) is 0 Å². The molecule has 2 saturated heterocycles. The fraction of sp³-hybridized carbons (Fsp3) is 0.815. The number of fused-ring (bicyclic) bond motifs is 2. The molecule has 5 aliphatic rings. The summed E-state index contributed by atoms with van der Waals surface area (Å²) >= 11 is 0. The van der Waals surface area contributed by atoms with Crippen LogP contribution in [0.4, 0.5) is 0 Å². The van der Waals surface area contributed by atoms with Gasteiger partial charge in [-0.05, 0) is 30.6 Å². The molecule has 0 radical (unpaired) electrons. The number of hydrogen-bond donors (Lipinski definition) is 3. The van der Waals surface area contributed by atoms with Gasteiger partial charge in [-0.25, -0.2) is 9.59 Å². The summed E-state index contributed by atoms with van der Waals surface area (Å²) in [6.07, 6.45) is -6.42. The second-order valence-corrected chi connectivity index (χ2v) is 18.4. The minimum Gasteiger partial charge on any atom is -0.467 e. The van der Waals surface area contributed by atoms with Gasteiger partial charge in [0.1, 0.15) is 18.3 Å². The number of methoxy groups -OCH3 is 1. The fourth-order valence-corrected chi connectivity index (χ4v) is 9.44. The Morgan fingerprint density at radius 3 is 2.34 bits per heavy atom. The van der Waals surface area contributed by atoms with E-state index in [9.17, 15) is 29.7 Å². The van der Waals surface area contributed by atoms with Crippen LogP contribution in [0, 0.1) is 22.7 Å². The van der Waals surface area contributed by atoms with E-state index in [2.05, 4.69) is 33.9 Å². The quantitative estimate of drug-likeness (QED) is 0.265. The molecule has 5 rings (SSSR count). The molecular weight excluding hydrogens is 512 g/mol. The molecule has 2 aliphatic heterocycles. The zero-order valence-corrected chi connectivity index (χ0v) is 24.4. The number of carbonyl (C=O) groups is 3. The van der Waals surface area contributed by atoms with E-state index in [0.717, 1.165) is 18.3 Å². The molecular formula is C27H40O10Si. The second-order valence-electron chi connectivity index (χ2n) is 13.6. The molecule has 0 amide bonds. The summed E-state index contributed by atoms with van der Waals surface area (Å²) in [4.78, 5) is 39.8. The molecule has 11 heteroatoms. The molecule has 0 aromatic carbocycles. The number of carbonyl (C=O) groups excluding carboxylic acids is 3. The lowest BCUT2D eigenvalue weighted by Gasteiger charge is -2.66. The van der Waals surface area contributed by atoms with Crippen LogP contribution in [-0.2, 0) is 33.0 Å². The van der Waals surface area contributed by atoms with Gasteiger partial charge < -0.3 is 34.0 Å². The van der Waals surface area contributed by atoms with Crippen LogP contribution in [-0.4, -0.2) is 91.2 Å². The molecule has 1 spiro atoms. The summed E-state index contributed by atoms with van der Waals surface area (Å²) in [7, 11) is -1.22. The Morgan fingerprint density at radius 1 is 1.13 bits per heavy atom. The zero-order chi connectivity index (χ0) is 28.4. The third-order valence-corrected chi connectivity index (χ3v) is 15.3. The lowest BCUT2D eigenvalue weighted by atomic mass is 9.39. The first-order valence-electron chi connectivity index (χ1n) is 13.3. The van der Waals surface area contributed by atoms with Crippen LogP contribution >= 0.6 is 0 Å². The third kappa shape index (κ3) is 3.14. The Balaban J connectivity index is 1.69. The number of ketones is 1. The van der Waals surface area contributed by atoms with E-state index in [4.69, 9.17) is 18.6 Å². The van der Waals surface area contributed by atoms with Gasteiger partial charge in [0, 0.05) is 29.6 Å². The van der Waals surface area contributed by atoms with E-state index in [1.54, 1.807) is 0 Å². The maximum absolute atomic E-state index is 13.8. The number of hydrogen-bond acceptors (Lipinski definition) is 10. The molecule has 212 valence electrons. The molecule has 38 heavy (non-hydrogen) atoms. The van der Waals surface area contributed by atoms with Gasteiger partial charge in [-0.15, -0.1) is 0 Å². The highest BCUT2D eigenvalue weighted by atomic mass is 28.4. The van der Waals surface area contributed by atoms with Crippen molar-refractivity contribution in [2.45, 2.75) is 102 Å². The summed E-state index contributed by atoms with van der Waals surface area (Å²) in [5.41, 5.74) is -2.74. The van der Waals surface area contributed by atoms with Crippen molar-refractivity contribution in [2.24, 2.45) is 22.7 Å². The second kappa shape index (κ2) is 8.20. The third-order valence-electron chi connectivity index (χ3n) is 10.9. The van der Waals surface area contributed by atoms with Crippen molar-refractivity contribution in [1.82, 2.24) is 0 Å². The highest BCUT2D eigenvalue weighted by Gasteiger charge is 2.84. The molecule has 2 bridgehead atoms. The molecule has 0 aromatic rings. The Bertz CT molecular complexity index is 1130. The predicted octanol–water partition coefficient (Wildman–Crippen LogP) is 1.26. The highest BCUT2D eigenvalue weighted by molar-refractivity contribution is 6.74. The molecule has 3 N–H and O–H groups in total. The molecule has 2 heterocycles. The van der Waals surface area contributed by atoms with Crippen molar-refractivity contribution in [1.29, 1.82) is 0 Å². The Hall–Kier alpha value is -1.63. The van der Waals surface area contributed by atoms with E-state index in [1.165, 1.54) is 0 Å². The van der Waals surface area contributed by atoms with Crippen molar-refractivity contribution < 1.29 is 48.3 Å². The number of esters is 2. The molecule has 10 atom stereocenters. The van der Waals surface area contributed by atoms with Gasteiger partial charge >= 0.3 is 11.9 Å². The molecule has 3 aliphatic carbocycles. The van der Waals surface area contributed by atoms with Crippen molar-refractivity contribution in [3.8, 4) is 0 Å². The summed E-state index contributed by atoms with van der Waals surface area (Å²) in [5.74, 6) is -4.07. The van der Waals surface area contributed by atoms with Crippen molar-refractivity contribution in [3.05, 3.63) is 11.1 Å². The first-order chi connectivity index (χ1) is 17.4. The Labute approximate surface area is 223 Å². The van der Waals surface area contributed by atoms with Gasteiger partial charge in [-0.2, -0.15) is 0 Å². The Kier molecular flexibility index (Phi) is 6.02. The number of aliphatic hydroxyl groups is 3. The minimum atomic E-state index is -2.34. The monoisotopic (exact) mass is 552 g/mol. The molecule has 1 unspecified atom stereocenters. The van der Waals surface area contributed by atoms with Crippen LogP contribution in [0.3, 0.4) is 0 Å². The first-order valence-corrected chi connectivity index (χ1v) is 16.2. The van der Waals surface area contributed by atoms with Crippen molar-refractivity contribution in [2.75, 3.05) is 13.7 Å². The summed E-state index contributed by atoms with van der Waals surface area (Å²) in [6.45, 7) is 14.0. The van der Waals surface area contributed by atoms with Crippen LogP contribution in [0.5, 0.6) is 0 Å². The summed E-state index contributed by atoms with van der Waals surface area (Å²) in [5, 5.41) is 34.1. The van der Waals surface area contributed by atoms with Crippen LogP contribution in [0.2, 0.25) is 18.1 Å². The van der Waals surface area contributed by atoms with E-state index >= 15 is 0 Å². The first kappa shape index (κ1) is 27.9. The standard InChI is InChI=1S/C27H40O10Si/c1-12-13-9-15-26-11-35-27(23(33)34-6,20(26)17(30)22(32)36-15)21(31)16(29)19(26)25(13,5)10-14(28)18(12)37-38(7,8)24(2,3)4/h15-21,29-31H,9-11H2,1-8H3/t15-,16-,17-,18?,19-,20-,21+,25+,26-,27+/m1/s1. The van der Waals surface area contributed by atoms with Crippen molar-refractivity contribution >= 4 is 26.0 Å². The van der Waals surface area contributed by atoms with Crippen LogP contribution in [0.1, 0.15) is 47.5 Å². The van der Waals surface area contributed by atoms with Crippen molar-refractivity contribution in [3.63, 3.8) is 0 Å². The van der Waals surface area contributed by atoms with Gasteiger partial charge in [-0.1, -0.05) is 33.3 Å². The normalized spacial score (nSPS) is 46.3. The van der Waals surface area contributed by atoms with Gasteiger partial charge in [0.15, 0.2) is 25.8 Å². The maximum Gasteiger partial charge on any atom is 0.341 e. The number of Topliss-reactive ketones (excluding diaryl/α,β-unsaturated/α-hetero) is 1. The van der Waals surface area contributed by atoms with E-state index < -0.39 is 79.0 Å². The van der Waals surface area contributed by atoms with Crippen LogP contribution in [0.25, 0.3) is 0 Å². The van der Waals surface area contributed by atoms with Gasteiger partial charge in [-0.3, -0.25) is 4.79 Å². The van der Waals surface area contributed by atoms with Gasteiger partial charge in [0.2, 0.25) is 0 Å². The number of aliphatic hydroxyl groups excluding tert-OH is 3. The van der Waals surface area contributed by atoms with E-state index in [1.807, 2.05) is 13.8 Å². The molecule has 2 saturated carbocycles.